The number of ether oxygens (including phenoxy) is 2. The van der Waals surface area contributed by atoms with Crippen LogP contribution in [0.4, 0.5) is 5.69 Å². The molecule has 0 aliphatic rings. The van der Waals surface area contributed by atoms with E-state index in [9.17, 15) is 14.4 Å². The molecule has 0 aliphatic heterocycles. The normalized spacial score (nSPS) is 11.1. The van der Waals surface area contributed by atoms with Crippen LogP contribution in [0.1, 0.15) is 60.1 Å². The van der Waals surface area contributed by atoms with E-state index in [1.54, 1.807) is 67.8 Å². The monoisotopic (exact) mass is 544 g/mol. The Morgan fingerprint density at radius 2 is 1.82 bits per heavy atom. The van der Waals surface area contributed by atoms with Crippen molar-refractivity contribution in [2.75, 3.05) is 11.9 Å². The molecule has 0 radical (unpaired) electrons. The van der Waals surface area contributed by atoms with Crippen LogP contribution in [0.2, 0.25) is 0 Å². The summed E-state index contributed by atoms with van der Waals surface area (Å²) in [6.07, 6.45) is 5.38. The molecule has 0 atom stereocenters. The Balaban J connectivity index is 1.33. The number of carbonyl (C=O) groups is 3. The quantitative estimate of drug-likeness (QED) is 0.168. The molecule has 3 N–H and O–H groups in total. The molecule has 0 saturated heterocycles. The number of amides is 2. The predicted octanol–water partition coefficient (Wildman–Crippen LogP) is 5.87. The minimum atomic E-state index is -0.528. The zero-order valence-electron chi connectivity index (χ0n) is 22.9. The first-order valence-electron chi connectivity index (χ1n) is 12.9. The summed E-state index contributed by atoms with van der Waals surface area (Å²) in [6, 6.07) is 13.9. The topological polar surface area (TPSA) is 136 Å². The molecule has 208 valence electrons. The van der Waals surface area contributed by atoms with Gasteiger partial charge in [-0.15, -0.1) is 0 Å². The van der Waals surface area contributed by atoms with Crippen LogP contribution in [0.3, 0.4) is 0 Å². The molecule has 10 heteroatoms. The molecule has 40 heavy (non-hydrogen) atoms. The van der Waals surface area contributed by atoms with E-state index >= 15 is 0 Å². The molecule has 0 fully saturated rings. The van der Waals surface area contributed by atoms with E-state index in [0.29, 0.717) is 47.1 Å². The van der Waals surface area contributed by atoms with Crippen LogP contribution in [-0.4, -0.2) is 39.9 Å². The van der Waals surface area contributed by atoms with Crippen molar-refractivity contribution in [2.45, 2.75) is 46.1 Å². The Morgan fingerprint density at radius 1 is 1.02 bits per heavy atom. The van der Waals surface area contributed by atoms with E-state index in [-0.39, 0.29) is 30.0 Å². The third-order valence-electron chi connectivity index (χ3n) is 5.61. The molecule has 4 rings (SSSR count). The number of aryl methyl sites for hydroxylation is 1. The fourth-order valence-electron chi connectivity index (χ4n) is 3.79. The highest BCUT2D eigenvalue weighted by molar-refractivity contribution is 6.03. The summed E-state index contributed by atoms with van der Waals surface area (Å²) < 4.78 is 16.5. The summed E-state index contributed by atoms with van der Waals surface area (Å²) in [4.78, 5) is 44.3. The second-order valence-electron chi connectivity index (χ2n) is 10.1. The number of H-pyrrole nitrogens is 1. The third kappa shape index (κ3) is 7.83. The van der Waals surface area contributed by atoms with Gasteiger partial charge in [-0.1, -0.05) is 6.07 Å². The number of hydrogen-bond donors (Lipinski definition) is 3. The van der Waals surface area contributed by atoms with E-state index in [1.807, 2.05) is 20.8 Å². The van der Waals surface area contributed by atoms with Crippen molar-refractivity contribution < 1.29 is 28.3 Å². The highest BCUT2D eigenvalue weighted by Crippen LogP contribution is 2.27. The highest BCUT2D eigenvalue weighted by Gasteiger charge is 2.17. The van der Waals surface area contributed by atoms with Crippen molar-refractivity contribution in [3.05, 3.63) is 84.1 Å². The first-order valence-corrected chi connectivity index (χ1v) is 12.9. The predicted molar refractivity (Wildman–Crippen MR) is 149 cm³/mol. The van der Waals surface area contributed by atoms with Crippen LogP contribution in [0.15, 0.2) is 71.6 Å². The number of pyridine rings is 1. The van der Waals surface area contributed by atoms with Gasteiger partial charge < -0.3 is 29.5 Å². The molecule has 4 aromatic rings. The van der Waals surface area contributed by atoms with Crippen molar-refractivity contribution in [2.24, 2.45) is 0 Å². The standard InChI is InChI=1S/C30H32N4O6/c1-19-11-14-38-27(19)29(37)34-21-7-5-8-22(16-21)39-23-10-13-31-25(17-23)24-15-20(18-33-24)28(36)32-12-6-9-26(35)40-30(2,3)4/h5,7-8,10-11,13-18,33H,6,9,12H2,1-4H3,(H,32,36)(H,34,37). The molecule has 2 amide bonds. The zero-order chi connectivity index (χ0) is 28.7. The maximum absolute atomic E-state index is 12.5. The van der Waals surface area contributed by atoms with Gasteiger partial charge in [0.05, 0.1) is 23.2 Å². The van der Waals surface area contributed by atoms with Crippen LogP contribution >= 0.6 is 0 Å². The molecule has 3 aromatic heterocycles. The second-order valence-corrected chi connectivity index (χ2v) is 10.1. The number of aromatic amines is 1. The van der Waals surface area contributed by atoms with Gasteiger partial charge in [0.2, 0.25) is 0 Å². The number of anilines is 1. The van der Waals surface area contributed by atoms with Crippen LogP contribution in [0.25, 0.3) is 11.4 Å². The molecular weight excluding hydrogens is 512 g/mol. The number of benzene rings is 1. The average Bonchev–Trinajstić information content (AvgIpc) is 3.55. The van der Waals surface area contributed by atoms with Crippen molar-refractivity contribution in [3.63, 3.8) is 0 Å². The number of nitrogens with one attached hydrogen (secondary N) is 3. The van der Waals surface area contributed by atoms with Gasteiger partial charge in [-0.2, -0.15) is 0 Å². The van der Waals surface area contributed by atoms with Crippen LogP contribution in [0.5, 0.6) is 11.5 Å². The number of nitrogens with zero attached hydrogens (tertiary/aromatic N) is 1. The van der Waals surface area contributed by atoms with Gasteiger partial charge in [0.1, 0.15) is 17.1 Å². The molecule has 1 aromatic carbocycles. The fourth-order valence-corrected chi connectivity index (χ4v) is 3.79. The maximum atomic E-state index is 12.5. The van der Waals surface area contributed by atoms with Gasteiger partial charge in [0, 0.05) is 48.7 Å². The highest BCUT2D eigenvalue weighted by atomic mass is 16.6. The number of carbonyl (C=O) groups excluding carboxylic acids is 3. The Labute approximate surface area is 232 Å². The van der Waals surface area contributed by atoms with Crippen molar-refractivity contribution in [1.82, 2.24) is 15.3 Å². The second kappa shape index (κ2) is 12.3. The van der Waals surface area contributed by atoms with Crippen molar-refractivity contribution in [3.8, 4) is 22.9 Å². The third-order valence-corrected chi connectivity index (χ3v) is 5.61. The summed E-state index contributed by atoms with van der Waals surface area (Å²) in [5, 5.41) is 5.61. The minimum Gasteiger partial charge on any atom is -0.460 e. The Bertz CT molecular complexity index is 1500. The SMILES string of the molecule is Cc1ccoc1C(=O)Nc1cccc(Oc2ccnc(-c3cc(C(=O)NCCCC(=O)OC(C)(C)C)c[nH]3)c2)c1. The smallest absolute Gasteiger partial charge is 0.306 e. The summed E-state index contributed by atoms with van der Waals surface area (Å²) in [5.74, 6) is 0.398. The molecule has 3 heterocycles. The first-order chi connectivity index (χ1) is 19.1. The van der Waals surface area contributed by atoms with E-state index in [2.05, 4.69) is 20.6 Å². The van der Waals surface area contributed by atoms with E-state index < -0.39 is 5.60 Å². The summed E-state index contributed by atoms with van der Waals surface area (Å²) >= 11 is 0. The Hall–Kier alpha value is -4.86. The molecule has 0 unspecified atom stereocenters. The fraction of sp³-hybridized carbons (Fsp3) is 0.267. The Kier molecular flexibility index (Phi) is 8.68. The number of aromatic nitrogens is 2. The van der Waals surface area contributed by atoms with Gasteiger partial charge in [-0.3, -0.25) is 19.4 Å². The lowest BCUT2D eigenvalue weighted by Gasteiger charge is -2.19. The summed E-state index contributed by atoms with van der Waals surface area (Å²) in [7, 11) is 0. The van der Waals surface area contributed by atoms with Crippen LogP contribution in [0, 0.1) is 6.92 Å². The van der Waals surface area contributed by atoms with Crippen LogP contribution in [-0.2, 0) is 9.53 Å². The van der Waals surface area contributed by atoms with Gasteiger partial charge >= 0.3 is 5.97 Å². The van der Waals surface area contributed by atoms with E-state index in [0.717, 1.165) is 5.56 Å². The number of rotatable bonds is 10. The Morgan fingerprint density at radius 3 is 2.58 bits per heavy atom. The van der Waals surface area contributed by atoms with Gasteiger partial charge in [0.25, 0.3) is 11.8 Å². The lowest BCUT2D eigenvalue weighted by molar-refractivity contribution is -0.154. The zero-order valence-corrected chi connectivity index (χ0v) is 22.9. The molecule has 0 aliphatic carbocycles. The summed E-state index contributed by atoms with van der Waals surface area (Å²) in [5.41, 5.74) is 2.44. The maximum Gasteiger partial charge on any atom is 0.306 e. The van der Waals surface area contributed by atoms with Gasteiger partial charge in [0.15, 0.2) is 5.76 Å². The summed E-state index contributed by atoms with van der Waals surface area (Å²) in [6.45, 7) is 7.60. The first kappa shape index (κ1) is 28.2. The lowest BCUT2D eigenvalue weighted by Crippen LogP contribution is -2.26. The van der Waals surface area contributed by atoms with E-state index in [1.165, 1.54) is 6.26 Å². The number of esters is 1. The van der Waals surface area contributed by atoms with Crippen molar-refractivity contribution in [1.29, 1.82) is 0 Å². The molecule has 0 bridgehead atoms. The molecule has 10 nitrogen and oxygen atoms in total. The minimum absolute atomic E-state index is 0.228. The van der Waals surface area contributed by atoms with Crippen molar-refractivity contribution >= 4 is 23.5 Å². The molecule has 0 spiro atoms. The molecule has 0 saturated carbocycles. The molecular formula is C30H32N4O6. The van der Waals surface area contributed by atoms with Gasteiger partial charge in [-0.25, -0.2) is 0 Å². The van der Waals surface area contributed by atoms with E-state index in [4.69, 9.17) is 13.9 Å². The lowest BCUT2D eigenvalue weighted by atomic mass is 10.2. The van der Waals surface area contributed by atoms with Gasteiger partial charge in [-0.05, 0) is 64.4 Å². The number of furan rings is 1. The largest absolute Gasteiger partial charge is 0.460 e. The number of hydrogen-bond acceptors (Lipinski definition) is 7. The average molecular weight is 545 g/mol. The van der Waals surface area contributed by atoms with Crippen LogP contribution < -0.4 is 15.4 Å².